The van der Waals surface area contributed by atoms with Gasteiger partial charge in [-0.3, -0.25) is 4.79 Å². The van der Waals surface area contributed by atoms with E-state index in [1.807, 2.05) is 18.7 Å². The zero-order valence-electron chi connectivity index (χ0n) is 14.2. The van der Waals surface area contributed by atoms with E-state index in [1.165, 1.54) is 4.31 Å². The third kappa shape index (κ3) is 5.13. The highest BCUT2D eigenvalue weighted by Crippen LogP contribution is 2.13. The van der Waals surface area contributed by atoms with Crippen LogP contribution < -0.4 is 10.2 Å². The molecular formula is C15H25N5O3S. The highest BCUT2D eigenvalue weighted by atomic mass is 32.2. The average molecular weight is 355 g/mol. The van der Waals surface area contributed by atoms with Crippen molar-refractivity contribution in [3.63, 3.8) is 0 Å². The van der Waals surface area contributed by atoms with Crippen molar-refractivity contribution in [3.05, 3.63) is 18.5 Å². The number of piperazine rings is 1. The molecule has 0 aromatic carbocycles. The van der Waals surface area contributed by atoms with E-state index < -0.39 is 10.0 Å². The van der Waals surface area contributed by atoms with Crippen molar-refractivity contribution in [2.24, 2.45) is 5.92 Å². The van der Waals surface area contributed by atoms with E-state index in [1.54, 1.807) is 18.5 Å². The van der Waals surface area contributed by atoms with Crippen LogP contribution in [-0.2, 0) is 14.8 Å². The minimum Gasteiger partial charge on any atom is -0.356 e. The van der Waals surface area contributed by atoms with Gasteiger partial charge in [-0.2, -0.15) is 4.31 Å². The first-order valence-corrected chi connectivity index (χ1v) is 9.78. The first-order valence-electron chi connectivity index (χ1n) is 8.17. The molecule has 0 bridgehead atoms. The number of nitrogens with one attached hydrogen (secondary N) is 1. The molecule has 8 nitrogen and oxygen atoms in total. The fourth-order valence-electron chi connectivity index (χ4n) is 2.42. The third-order valence-corrected chi connectivity index (χ3v) is 5.83. The summed E-state index contributed by atoms with van der Waals surface area (Å²) < 4.78 is 26.3. The molecule has 0 saturated carbocycles. The molecule has 1 amide bonds. The molecule has 0 aliphatic carbocycles. The molecule has 134 valence electrons. The van der Waals surface area contributed by atoms with Crippen molar-refractivity contribution in [1.29, 1.82) is 0 Å². The molecule has 0 spiro atoms. The summed E-state index contributed by atoms with van der Waals surface area (Å²) in [5, 5.41) is 2.74. The van der Waals surface area contributed by atoms with E-state index >= 15 is 0 Å². The van der Waals surface area contributed by atoms with Crippen LogP contribution in [0.15, 0.2) is 18.5 Å². The molecule has 1 aliphatic heterocycles. The van der Waals surface area contributed by atoms with Gasteiger partial charge in [0, 0.05) is 51.0 Å². The fraction of sp³-hybridized carbons (Fsp3) is 0.667. The Labute approximate surface area is 143 Å². The van der Waals surface area contributed by atoms with Crippen molar-refractivity contribution >= 4 is 21.9 Å². The van der Waals surface area contributed by atoms with Crippen LogP contribution in [0.2, 0.25) is 0 Å². The minimum atomic E-state index is -3.29. The standard InChI is InChI=1S/C15H25N5O3S/c1-13(2)14(21)16-7-4-12-24(22,23)20-10-8-19(9-11-20)15-17-5-3-6-18-15/h3,5-6,13H,4,7-12H2,1-2H3,(H,16,21). The third-order valence-electron chi connectivity index (χ3n) is 3.87. The largest absolute Gasteiger partial charge is 0.356 e. The van der Waals surface area contributed by atoms with Gasteiger partial charge in [0.05, 0.1) is 5.75 Å². The number of carbonyl (C=O) groups excluding carboxylic acids is 1. The lowest BCUT2D eigenvalue weighted by Crippen LogP contribution is -2.50. The summed E-state index contributed by atoms with van der Waals surface area (Å²) in [5.74, 6) is 0.539. The van der Waals surface area contributed by atoms with Gasteiger partial charge in [-0.15, -0.1) is 0 Å². The minimum absolute atomic E-state index is 0.0488. The summed E-state index contributed by atoms with van der Waals surface area (Å²) in [5.41, 5.74) is 0. The summed E-state index contributed by atoms with van der Waals surface area (Å²) in [7, 11) is -3.29. The fourth-order valence-corrected chi connectivity index (χ4v) is 3.91. The number of hydrogen-bond acceptors (Lipinski definition) is 6. The highest BCUT2D eigenvalue weighted by molar-refractivity contribution is 7.89. The van der Waals surface area contributed by atoms with Crippen LogP contribution in [0.5, 0.6) is 0 Å². The van der Waals surface area contributed by atoms with Crippen molar-refractivity contribution in [2.45, 2.75) is 20.3 Å². The Morgan fingerprint density at radius 2 is 1.83 bits per heavy atom. The lowest BCUT2D eigenvalue weighted by atomic mass is 10.2. The molecule has 24 heavy (non-hydrogen) atoms. The average Bonchev–Trinajstić information content (AvgIpc) is 2.59. The second-order valence-corrected chi connectivity index (χ2v) is 8.14. The Morgan fingerprint density at radius 1 is 1.21 bits per heavy atom. The van der Waals surface area contributed by atoms with Gasteiger partial charge >= 0.3 is 0 Å². The number of anilines is 1. The van der Waals surface area contributed by atoms with Crippen molar-refractivity contribution in [3.8, 4) is 0 Å². The van der Waals surface area contributed by atoms with Gasteiger partial charge < -0.3 is 10.2 Å². The van der Waals surface area contributed by atoms with Crippen LogP contribution in [0.25, 0.3) is 0 Å². The Bertz CT molecular complexity index is 628. The van der Waals surface area contributed by atoms with Gasteiger partial charge in [0.1, 0.15) is 0 Å². The maximum atomic E-state index is 12.4. The quantitative estimate of drug-likeness (QED) is 0.697. The van der Waals surface area contributed by atoms with Gasteiger partial charge in [0.25, 0.3) is 0 Å². The van der Waals surface area contributed by atoms with E-state index in [-0.39, 0.29) is 17.6 Å². The summed E-state index contributed by atoms with van der Waals surface area (Å²) >= 11 is 0. The lowest BCUT2D eigenvalue weighted by molar-refractivity contribution is -0.123. The van der Waals surface area contributed by atoms with Crippen LogP contribution in [0.1, 0.15) is 20.3 Å². The van der Waals surface area contributed by atoms with E-state index in [4.69, 9.17) is 0 Å². The van der Waals surface area contributed by atoms with Crippen LogP contribution >= 0.6 is 0 Å². The van der Waals surface area contributed by atoms with Crippen molar-refractivity contribution < 1.29 is 13.2 Å². The Morgan fingerprint density at radius 3 is 2.42 bits per heavy atom. The van der Waals surface area contributed by atoms with E-state index in [0.717, 1.165) is 0 Å². The Hall–Kier alpha value is -1.74. The predicted molar refractivity (Wildman–Crippen MR) is 92.1 cm³/mol. The normalized spacial score (nSPS) is 16.4. The van der Waals surface area contributed by atoms with Crippen molar-refractivity contribution in [2.75, 3.05) is 43.4 Å². The number of hydrogen-bond donors (Lipinski definition) is 1. The molecule has 1 saturated heterocycles. The first kappa shape index (κ1) is 18.6. The first-order chi connectivity index (χ1) is 11.4. The van der Waals surface area contributed by atoms with Crippen molar-refractivity contribution in [1.82, 2.24) is 19.6 Å². The van der Waals surface area contributed by atoms with E-state index in [0.29, 0.717) is 45.1 Å². The maximum absolute atomic E-state index is 12.4. The van der Waals surface area contributed by atoms with Gasteiger partial charge in [-0.05, 0) is 12.5 Å². The van der Waals surface area contributed by atoms with E-state index in [9.17, 15) is 13.2 Å². The number of carbonyl (C=O) groups is 1. The number of amides is 1. The van der Waals surface area contributed by atoms with Gasteiger partial charge in [0.2, 0.25) is 21.9 Å². The molecule has 1 aromatic rings. The SMILES string of the molecule is CC(C)C(=O)NCCCS(=O)(=O)N1CCN(c2ncccn2)CC1. The monoisotopic (exact) mass is 355 g/mol. The smallest absolute Gasteiger partial charge is 0.225 e. The molecule has 2 rings (SSSR count). The molecule has 1 N–H and O–H groups in total. The van der Waals surface area contributed by atoms with Crippen LogP contribution in [-0.4, -0.2) is 67.1 Å². The molecule has 0 atom stereocenters. The molecule has 1 aromatic heterocycles. The molecule has 1 aliphatic rings. The summed E-state index contributed by atoms with van der Waals surface area (Å²) in [4.78, 5) is 21.8. The zero-order valence-corrected chi connectivity index (χ0v) is 15.0. The molecule has 2 heterocycles. The number of aromatic nitrogens is 2. The topological polar surface area (TPSA) is 95.5 Å². The van der Waals surface area contributed by atoms with Crippen LogP contribution in [0, 0.1) is 5.92 Å². The van der Waals surface area contributed by atoms with Gasteiger partial charge in [0.15, 0.2) is 0 Å². The summed E-state index contributed by atoms with van der Waals surface area (Å²) in [6.07, 6.45) is 3.77. The zero-order chi connectivity index (χ0) is 17.6. The maximum Gasteiger partial charge on any atom is 0.225 e. The Kier molecular flexibility index (Phi) is 6.50. The lowest BCUT2D eigenvalue weighted by Gasteiger charge is -2.33. The van der Waals surface area contributed by atoms with Gasteiger partial charge in [-0.1, -0.05) is 13.8 Å². The molecule has 0 unspecified atom stereocenters. The van der Waals surface area contributed by atoms with Crippen LogP contribution in [0.3, 0.4) is 0 Å². The number of rotatable bonds is 7. The molecule has 1 fully saturated rings. The summed E-state index contributed by atoms with van der Waals surface area (Å²) in [6.45, 7) is 6.01. The predicted octanol–water partition coefficient (Wildman–Crippen LogP) is 0.0907. The highest BCUT2D eigenvalue weighted by Gasteiger charge is 2.27. The second-order valence-electron chi connectivity index (χ2n) is 6.05. The molecule has 9 heteroatoms. The molecule has 0 radical (unpaired) electrons. The number of sulfonamides is 1. The van der Waals surface area contributed by atoms with E-state index in [2.05, 4.69) is 15.3 Å². The Balaban J connectivity index is 1.77. The summed E-state index contributed by atoms with van der Waals surface area (Å²) in [6, 6.07) is 1.75. The van der Waals surface area contributed by atoms with Gasteiger partial charge in [-0.25, -0.2) is 18.4 Å². The second kappa shape index (κ2) is 8.39. The molecular weight excluding hydrogens is 330 g/mol. The number of nitrogens with zero attached hydrogens (tertiary/aromatic N) is 4. The van der Waals surface area contributed by atoms with Crippen LogP contribution in [0.4, 0.5) is 5.95 Å².